The summed E-state index contributed by atoms with van der Waals surface area (Å²) in [5.41, 5.74) is 10.8. The Labute approximate surface area is 184 Å². The summed E-state index contributed by atoms with van der Waals surface area (Å²) in [7, 11) is 0. The summed E-state index contributed by atoms with van der Waals surface area (Å²) in [6.07, 6.45) is -0.216. The summed E-state index contributed by atoms with van der Waals surface area (Å²) in [4.78, 5) is 26.4. The number of hydrogen-bond acceptors (Lipinski definition) is 7. The van der Waals surface area contributed by atoms with E-state index in [4.69, 9.17) is 22.7 Å². The lowest BCUT2D eigenvalue weighted by Crippen LogP contribution is -2.59. The fraction of sp³-hybridized carbons (Fsp3) is 0.474. The molecule has 3 rings (SSSR count). The lowest BCUT2D eigenvalue weighted by atomic mass is 9.89. The predicted octanol–water partition coefficient (Wildman–Crippen LogP) is 0.487. The third kappa shape index (κ3) is 5.31. The number of nitrogens with two attached hydrogens (primary N) is 1. The summed E-state index contributed by atoms with van der Waals surface area (Å²) in [6.45, 7) is 2.68. The minimum atomic E-state index is -0.849. The normalized spacial score (nSPS) is 20.0. The van der Waals surface area contributed by atoms with E-state index in [1.165, 1.54) is 17.9 Å². The van der Waals surface area contributed by atoms with Crippen LogP contribution in [0.15, 0.2) is 18.2 Å². The van der Waals surface area contributed by atoms with Gasteiger partial charge in [-0.3, -0.25) is 15.1 Å². The molecule has 0 spiro atoms. The molecule has 166 valence electrons. The monoisotopic (exact) mass is 449 g/mol. The van der Waals surface area contributed by atoms with Gasteiger partial charge in [-0.05, 0) is 43.3 Å². The second-order valence-electron chi connectivity index (χ2n) is 7.48. The first-order valence-corrected chi connectivity index (χ1v) is 10.1. The van der Waals surface area contributed by atoms with Crippen molar-refractivity contribution in [1.29, 1.82) is 5.26 Å². The van der Waals surface area contributed by atoms with E-state index in [1.54, 1.807) is 12.1 Å². The molecule has 0 radical (unpaired) electrons. The highest BCUT2D eigenvalue weighted by atomic mass is 32.1. The van der Waals surface area contributed by atoms with Crippen LogP contribution in [0.4, 0.5) is 20.6 Å². The molecule has 5 N–H and O–H groups in total. The van der Waals surface area contributed by atoms with E-state index in [0.717, 1.165) is 0 Å². The number of ether oxygens (including phenoxy) is 1. The smallest absolute Gasteiger partial charge is 0.414 e. The second-order valence-corrected chi connectivity index (χ2v) is 7.92. The number of anilines is 2. The third-order valence-corrected chi connectivity index (χ3v) is 5.39. The first kappa shape index (κ1) is 22.5. The van der Waals surface area contributed by atoms with Crippen LogP contribution in [0.5, 0.6) is 0 Å². The number of halogens is 1. The van der Waals surface area contributed by atoms with E-state index < -0.39 is 23.6 Å². The highest BCUT2D eigenvalue weighted by Crippen LogP contribution is 2.31. The molecule has 1 unspecified atom stereocenters. The number of hydrazine groups is 1. The molecule has 1 aromatic carbocycles. The van der Waals surface area contributed by atoms with Gasteiger partial charge in [0, 0.05) is 20.0 Å². The molecule has 0 bridgehead atoms. The summed E-state index contributed by atoms with van der Waals surface area (Å²) >= 11 is 4.76. The molecular weight excluding hydrogens is 425 g/mol. The van der Waals surface area contributed by atoms with Gasteiger partial charge < -0.3 is 20.7 Å². The van der Waals surface area contributed by atoms with Crippen LogP contribution in [-0.2, 0) is 9.53 Å². The minimum absolute atomic E-state index is 0.0402. The number of amides is 2. The number of nitriles is 1. The average molecular weight is 450 g/mol. The summed E-state index contributed by atoms with van der Waals surface area (Å²) in [5.74, 6) is -0.696. The minimum Gasteiger partial charge on any atom is -0.442 e. The number of nitrogens with zero attached hydrogens (tertiary/aromatic N) is 3. The Hall–Kier alpha value is -3.17. The Balaban J connectivity index is 1.64. The Morgan fingerprint density at radius 2 is 2.16 bits per heavy atom. The zero-order valence-corrected chi connectivity index (χ0v) is 17.8. The van der Waals surface area contributed by atoms with E-state index in [2.05, 4.69) is 22.2 Å². The lowest BCUT2D eigenvalue weighted by Gasteiger charge is -2.39. The highest BCUT2D eigenvalue weighted by molar-refractivity contribution is 7.80. The maximum absolute atomic E-state index is 14.9. The molecule has 2 amide bonds. The fourth-order valence-electron chi connectivity index (χ4n) is 3.59. The summed E-state index contributed by atoms with van der Waals surface area (Å²) < 4.78 is 20.1. The van der Waals surface area contributed by atoms with Crippen LogP contribution in [0, 0.1) is 17.1 Å². The van der Waals surface area contributed by atoms with E-state index in [1.807, 2.05) is 4.90 Å². The van der Waals surface area contributed by atoms with Crippen molar-refractivity contribution in [3.05, 3.63) is 24.0 Å². The van der Waals surface area contributed by atoms with Gasteiger partial charge in [0.2, 0.25) is 5.91 Å². The van der Waals surface area contributed by atoms with E-state index in [9.17, 15) is 19.2 Å². The molecule has 0 aliphatic carbocycles. The molecule has 2 aliphatic heterocycles. The maximum Gasteiger partial charge on any atom is 0.414 e. The molecule has 10 nitrogen and oxygen atoms in total. The van der Waals surface area contributed by atoms with Crippen LogP contribution >= 0.6 is 12.2 Å². The van der Waals surface area contributed by atoms with Crippen LogP contribution < -0.4 is 31.7 Å². The van der Waals surface area contributed by atoms with Gasteiger partial charge in [-0.15, -0.1) is 0 Å². The number of cyclic esters (lactones) is 1. The van der Waals surface area contributed by atoms with Gasteiger partial charge >= 0.3 is 6.09 Å². The molecule has 2 fully saturated rings. The molecule has 0 aromatic heterocycles. The number of nitrogens with one attached hydrogen (secondary N) is 3. The van der Waals surface area contributed by atoms with Gasteiger partial charge in [0.1, 0.15) is 17.5 Å². The van der Waals surface area contributed by atoms with Gasteiger partial charge in [0.15, 0.2) is 5.11 Å². The molecule has 2 heterocycles. The maximum atomic E-state index is 14.9. The second kappa shape index (κ2) is 9.32. The quantitative estimate of drug-likeness (QED) is 0.361. The van der Waals surface area contributed by atoms with Crippen molar-refractivity contribution in [2.75, 3.05) is 36.0 Å². The molecule has 12 heteroatoms. The Bertz CT molecular complexity index is 914. The van der Waals surface area contributed by atoms with Crippen molar-refractivity contribution in [2.24, 2.45) is 5.73 Å². The zero-order chi connectivity index (χ0) is 22.6. The predicted molar refractivity (Wildman–Crippen MR) is 116 cm³/mol. The molecule has 31 heavy (non-hydrogen) atoms. The van der Waals surface area contributed by atoms with Gasteiger partial charge in [-0.2, -0.15) is 5.26 Å². The molecule has 2 aliphatic rings. The van der Waals surface area contributed by atoms with Crippen LogP contribution in [0.1, 0.15) is 19.8 Å². The van der Waals surface area contributed by atoms with Crippen molar-refractivity contribution in [2.45, 2.75) is 31.4 Å². The van der Waals surface area contributed by atoms with Gasteiger partial charge in [0.05, 0.1) is 30.5 Å². The van der Waals surface area contributed by atoms with Crippen LogP contribution in [-0.4, -0.2) is 54.9 Å². The molecular formula is C19H24FN7O3S. The number of thiocarbonyl (C=S) groups is 1. The largest absolute Gasteiger partial charge is 0.442 e. The topological polar surface area (TPSA) is 136 Å². The van der Waals surface area contributed by atoms with Crippen molar-refractivity contribution in [3.8, 4) is 6.07 Å². The first-order valence-electron chi connectivity index (χ1n) is 9.74. The number of benzene rings is 1. The molecule has 1 aromatic rings. The Morgan fingerprint density at radius 3 is 2.74 bits per heavy atom. The molecule has 0 saturated carbocycles. The van der Waals surface area contributed by atoms with E-state index >= 15 is 0 Å². The van der Waals surface area contributed by atoms with Gasteiger partial charge in [-0.1, -0.05) is 0 Å². The number of hydrogen-bond donors (Lipinski definition) is 4. The number of carbonyl (C=O) groups excluding carboxylic acids is 2. The average Bonchev–Trinajstić information content (AvgIpc) is 3.12. The fourth-order valence-corrected chi connectivity index (χ4v) is 3.64. The zero-order valence-electron chi connectivity index (χ0n) is 17.0. The lowest BCUT2D eigenvalue weighted by molar-refractivity contribution is -0.119. The van der Waals surface area contributed by atoms with Crippen LogP contribution in [0.3, 0.4) is 0 Å². The Kier molecular flexibility index (Phi) is 6.77. The number of rotatable bonds is 6. The van der Waals surface area contributed by atoms with Crippen molar-refractivity contribution in [3.63, 3.8) is 0 Å². The van der Waals surface area contributed by atoms with Gasteiger partial charge in [-0.25, -0.2) is 14.6 Å². The Morgan fingerprint density at radius 1 is 1.45 bits per heavy atom. The van der Waals surface area contributed by atoms with E-state index in [0.29, 0.717) is 37.3 Å². The standard InChI is InChI=1S/C19H24FN7O3S/c1-12(28)23-9-14-10-27(18(29)30-14)13-2-3-16(15(20)8-13)26-6-4-19(11-21,5-7-26)25-24-17(22)31/h2-3,8,14,25H,4-7,9-10H2,1H3,(H,23,28)(H3,22,24,31). The first-order chi connectivity index (χ1) is 14.7. The van der Waals surface area contributed by atoms with Crippen LogP contribution in [0.2, 0.25) is 0 Å². The summed E-state index contributed by atoms with van der Waals surface area (Å²) in [6, 6.07) is 6.79. The van der Waals surface area contributed by atoms with Gasteiger partial charge in [0.25, 0.3) is 0 Å². The van der Waals surface area contributed by atoms with Crippen molar-refractivity contribution in [1.82, 2.24) is 16.2 Å². The van der Waals surface area contributed by atoms with Crippen molar-refractivity contribution < 1.29 is 18.7 Å². The summed E-state index contributed by atoms with van der Waals surface area (Å²) in [5, 5.41) is 12.2. The molecule has 1 atom stereocenters. The SMILES string of the molecule is CC(=O)NCC1CN(c2ccc(N3CCC(C#N)(NNC(N)=S)CC3)c(F)c2)C(=O)O1. The number of carbonyl (C=O) groups is 2. The number of piperidine rings is 1. The third-order valence-electron chi connectivity index (χ3n) is 5.29. The van der Waals surface area contributed by atoms with Crippen molar-refractivity contribution >= 4 is 40.7 Å². The van der Waals surface area contributed by atoms with Crippen LogP contribution in [0.25, 0.3) is 0 Å². The molecule has 2 saturated heterocycles. The van der Waals surface area contributed by atoms with E-state index in [-0.39, 0.29) is 24.1 Å². The highest BCUT2D eigenvalue weighted by Gasteiger charge is 2.36.